The fourth-order valence-corrected chi connectivity index (χ4v) is 4.35. The van der Waals surface area contributed by atoms with Gasteiger partial charge in [-0.3, -0.25) is 9.89 Å². The van der Waals surface area contributed by atoms with Crippen LogP contribution in [-0.4, -0.2) is 46.7 Å². The fraction of sp³-hybridized carbons (Fsp3) is 0.545. The van der Waals surface area contributed by atoms with Gasteiger partial charge in [0.05, 0.1) is 12.2 Å². The van der Waals surface area contributed by atoms with Gasteiger partial charge in [-0.2, -0.15) is 5.10 Å². The van der Waals surface area contributed by atoms with E-state index in [1.54, 1.807) is 4.90 Å². The van der Waals surface area contributed by atoms with Crippen LogP contribution in [0.15, 0.2) is 24.3 Å². The number of hydrogen-bond acceptors (Lipinski definition) is 4. The molecule has 1 fully saturated rings. The molecule has 1 aliphatic heterocycles. The number of nitrogens with zero attached hydrogens (tertiary/aromatic N) is 2. The number of nitrogens with one attached hydrogen (secondary N) is 2. The molecule has 0 atom stereocenters. The number of carbonyl (C=O) groups is 1. The van der Waals surface area contributed by atoms with Crippen molar-refractivity contribution in [3.63, 3.8) is 0 Å². The highest BCUT2D eigenvalue weighted by Crippen LogP contribution is 2.30. The SMILES string of the molecule is Cc1ccc(OC2(C(=O)N(C)Cc3n[nH]c4c3CCCC4)CCNCC2)cc1.Cl. The zero-order valence-electron chi connectivity index (χ0n) is 17.3. The lowest BCUT2D eigenvalue weighted by molar-refractivity contribution is -0.150. The average Bonchev–Trinajstić information content (AvgIpc) is 3.13. The van der Waals surface area contributed by atoms with E-state index in [0.717, 1.165) is 37.4 Å². The summed E-state index contributed by atoms with van der Waals surface area (Å²) in [4.78, 5) is 15.3. The number of fused-ring (bicyclic) bond motifs is 1. The second kappa shape index (κ2) is 9.18. The number of aromatic amines is 1. The summed E-state index contributed by atoms with van der Waals surface area (Å²) >= 11 is 0. The van der Waals surface area contributed by atoms with Gasteiger partial charge in [0, 0.05) is 25.6 Å². The van der Waals surface area contributed by atoms with Crippen LogP contribution in [0.5, 0.6) is 5.75 Å². The van der Waals surface area contributed by atoms with E-state index in [2.05, 4.69) is 15.5 Å². The number of benzene rings is 1. The topological polar surface area (TPSA) is 70.2 Å². The molecule has 2 N–H and O–H groups in total. The van der Waals surface area contributed by atoms with Crippen molar-refractivity contribution in [3.05, 3.63) is 46.8 Å². The third-order valence-corrected chi connectivity index (χ3v) is 6.01. The summed E-state index contributed by atoms with van der Waals surface area (Å²) < 4.78 is 6.35. The number of ether oxygens (including phenoxy) is 1. The second-order valence-electron chi connectivity index (χ2n) is 8.16. The molecule has 1 amide bonds. The maximum atomic E-state index is 13.5. The first-order valence-electron chi connectivity index (χ1n) is 10.3. The molecule has 4 rings (SSSR count). The number of H-pyrrole nitrogens is 1. The fourth-order valence-electron chi connectivity index (χ4n) is 4.35. The maximum Gasteiger partial charge on any atom is 0.266 e. The molecule has 2 aromatic rings. The lowest BCUT2D eigenvalue weighted by atomic mass is 9.90. The van der Waals surface area contributed by atoms with Gasteiger partial charge < -0.3 is 15.0 Å². The number of aromatic nitrogens is 2. The van der Waals surface area contributed by atoms with Gasteiger partial charge >= 0.3 is 0 Å². The van der Waals surface area contributed by atoms with E-state index in [4.69, 9.17) is 4.74 Å². The number of carbonyl (C=O) groups excluding carboxylic acids is 1. The first-order chi connectivity index (χ1) is 13.6. The number of aryl methyl sites for hydroxylation is 2. The molecule has 0 radical (unpaired) electrons. The Morgan fingerprint density at radius 3 is 2.59 bits per heavy atom. The Morgan fingerprint density at radius 1 is 1.17 bits per heavy atom. The average molecular weight is 419 g/mol. The molecule has 1 aromatic carbocycles. The molecule has 2 heterocycles. The van der Waals surface area contributed by atoms with Crippen LogP contribution in [0.1, 0.15) is 48.2 Å². The van der Waals surface area contributed by atoms with Crippen LogP contribution in [0.4, 0.5) is 0 Å². The highest BCUT2D eigenvalue weighted by atomic mass is 35.5. The summed E-state index contributed by atoms with van der Waals surface area (Å²) in [5, 5.41) is 11.0. The number of likely N-dealkylation sites (N-methyl/N-ethyl adjacent to an activating group) is 1. The quantitative estimate of drug-likeness (QED) is 0.782. The Balaban J connectivity index is 0.00000240. The van der Waals surface area contributed by atoms with Gasteiger partial charge in [-0.15, -0.1) is 12.4 Å². The molecule has 0 bridgehead atoms. The van der Waals surface area contributed by atoms with Crippen molar-refractivity contribution in [1.29, 1.82) is 0 Å². The van der Waals surface area contributed by atoms with Gasteiger partial charge in [-0.25, -0.2) is 0 Å². The van der Waals surface area contributed by atoms with Crippen molar-refractivity contribution in [2.24, 2.45) is 0 Å². The van der Waals surface area contributed by atoms with E-state index >= 15 is 0 Å². The molecule has 6 nitrogen and oxygen atoms in total. The summed E-state index contributed by atoms with van der Waals surface area (Å²) in [6.45, 7) is 4.14. The summed E-state index contributed by atoms with van der Waals surface area (Å²) in [7, 11) is 1.87. The van der Waals surface area contributed by atoms with Crippen molar-refractivity contribution in [2.75, 3.05) is 20.1 Å². The zero-order valence-corrected chi connectivity index (χ0v) is 18.1. The van der Waals surface area contributed by atoms with Crippen LogP contribution in [0, 0.1) is 6.92 Å². The molecule has 0 saturated carbocycles. The van der Waals surface area contributed by atoms with Gasteiger partial charge in [0.25, 0.3) is 5.91 Å². The van der Waals surface area contributed by atoms with Crippen molar-refractivity contribution < 1.29 is 9.53 Å². The van der Waals surface area contributed by atoms with Crippen LogP contribution >= 0.6 is 12.4 Å². The molecule has 2 aliphatic rings. The van der Waals surface area contributed by atoms with Gasteiger partial charge in [0.2, 0.25) is 0 Å². The highest BCUT2D eigenvalue weighted by Gasteiger charge is 2.44. The summed E-state index contributed by atoms with van der Waals surface area (Å²) in [5.41, 5.74) is 3.92. The van der Waals surface area contributed by atoms with Crippen LogP contribution in [-0.2, 0) is 24.2 Å². The van der Waals surface area contributed by atoms with Crippen LogP contribution < -0.4 is 10.1 Å². The third kappa shape index (κ3) is 4.59. The number of rotatable bonds is 5. The van der Waals surface area contributed by atoms with Gasteiger partial charge in [-0.1, -0.05) is 17.7 Å². The molecule has 29 heavy (non-hydrogen) atoms. The number of amides is 1. The lowest BCUT2D eigenvalue weighted by Crippen LogP contribution is -2.56. The first kappa shape index (κ1) is 21.7. The molecule has 0 unspecified atom stereocenters. The van der Waals surface area contributed by atoms with Crippen molar-refractivity contribution in [2.45, 2.75) is 57.6 Å². The van der Waals surface area contributed by atoms with Crippen LogP contribution in [0.2, 0.25) is 0 Å². The van der Waals surface area contributed by atoms with E-state index in [9.17, 15) is 4.79 Å². The molecule has 7 heteroatoms. The maximum absolute atomic E-state index is 13.5. The Kier molecular flexibility index (Phi) is 6.85. The predicted octanol–water partition coefficient (Wildman–Crippen LogP) is 3.18. The molecular formula is C22H31ClN4O2. The Labute approximate surface area is 178 Å². The summed E-state index contributed by atoms with van der Waals surface area (Å²) in [6.07, 6.45) is 5.86. The Hall–Kier alpha value is -2.05. The number of hydrogen-bond donors (Lipinski definition) is 2. The molecule has 1 aliphatic carbocycles. The second-order valence-corrected chi connectivity index (χ2v) is 8.16. The van der Waals surface area contributed by atoms with Crippen molar-refractivity contribution in [3.8, 4) is 5.75 Å². The largest absolute Gasteiger partial charge is 0.477 e. The van der Waals surface area contributed by atoms with E-state index < -0.39 is 5.60 Å². The van der Waals surface area contributed by atoms with Gasteiger partial charge in [0.1, 0.15) is 5.75 Å². The molecule has 1 saturated heterocycles. The Bertz CT molecular complexity index is 828. The predicted molar refractivity (Wildman–Crippen MR) is 116 cm³/mol. The normalized spacial score (nSPS) is 17.7. The minimum absolute atomic E-state index is 0. The molecular weight excluding hydrogens is 388 g/mol. The van der Waals surface area contributed by atoms with E-state index in [-0.39, 0.29) is 18.3 Å². The minimum Gasteiger partial charge on any atom is -0.477 e. The highest BCUT2D eigenvalue weighted by molar-refractivity contribution is 5.86. The standard InChI is InChI=1S/C22H30N4O2.ClH/c1-16-7-9-17(10-8-16)28-22(11-13-23-14-12-22)21(27)26(2)15-20-18-5-3-4-6-19(18)24-25-20;/h7-10,23H,3-6,11-15H2,1-2H3,(H,24,25);1H. The Morgan fingerprint density at radius 2 is 1.86 bits per heavy atom. The van der Waals surface area contributed by atoms with Crippen molar-refractivity contribution in [1.82, 2.24) is 20.4 Å². The molecule has 1 aromatic heterocycles. The van der Waals surface area contributed by atoms with Crippen LogP contribution in [0.25, 0.3) is 0 Å². The molecule has 158 valence electrons. The molecule has 0 spiro atoms. The minimum atomic E-state index is -0.814. The summed E-state index contributed by atoms with van der Waals surface area (Å²) in [5.74, 6) is 0.800. The number of halogens is 1. The summed E-state index contributed by atoms with van der Waals surface area (Å²) in [6, 6.07) is 7.95. The third-order valence-electron chi connectivity index (χ3n) is 6.01. The smallest absolute Gasteiger partial charge is 0.266 e. The van der Waals surface area contributed by atoms with E-state index in [1.807, 2.05) is 38.2 Å². The zero-order chi connectivity index (χ0) is 19.6. The van der Waals surface area contributed by atoms with E-state index in [0.29, 0.717) is 19.4 Å². The van der Waals surface area contributed by atoms with Gasteiger partial charge in [-0.05, 0) is 63.4 Å². The number of piperidine rings is 1. The van der Waals surface area contributed by atoms with E-state index in [1.165, 1.54) is 29.7 Å². The van der Waals surface area contributed by atoms with Crippen molar-refractivity contribution >= 4 is 18.3 Å². The van der Waals surface area contributed by atoms with Gasteiger partial charge in [0.15, 0.2) is 5.60 Å². The lowest BCUT2D eigenvalue weighted by Gasteiger charge is -2.39. The first-order valence-corrected chi connectivity index (χ1v) is 10.3. The van der Waals surface area contributed by atoms with Crippen LogP contribution in [0.3, 0.4) is 0 Å². The monoisotopic (exact) mass is 418 g/mol.